The highest BCUT2D eigenvalue weighted by Crippen LogP contribution is 2.37. The summed E-state index contributed by atoms with van der Waals surface area (Å²) in [5.74, 6) is 0. The first-order valence-electron chi connectivity index (χ1n) is 12.7. The van der Waals surface area contributed by atoms with Crippen LogP contribution in [0.25, 0.3) is 77.5 Å². The molecule has 3 aromatic heterocycles. The number of hydrogen-bond acceptors (Lipinski definition) is 3. The van der Waals surface area contributed by atoms with Gasteiger partial charge in [0.25, 0.3) is 0 Å². The molecule has 3 heteroatoms. The van der Waals surface area contributed by atoms with Crippen molar-refractivity contribution >= 4 is 43.9 Å². The van der Waals surface area contributed by atoms with Gasteiger partial charge in [-0.25, -0.2) is 4.98 Å². The predicted octanol–water partition coefficient (Wildman–Crippen LogP) is 9.88. The van der Waals surface area contributed by atoms with E-state index >= 15 is 0 Å². The van der Waals surface area contributed by atoms with Crippen molar-refractivity contribution in [3.8, 4) is 33.6 Å². The lowest BCUT2D eigenvalue weighted by molar-refractivity contribution is 0.668. The molecule has 3 nitrogen and oxygen atoms in total. The van der Waals surface area contributed by atoms with Gasteiger partial charge in [0.2, 0.25) is 0 Å². The van der Waals surface area contributed by atoms with Crippen molar-refractivity contribution in [2.24, 2.45) is 0 Å². The largest absolute Gasteiger partial charge is 0.456 e. The van der Waals surface area contributed by atoms with Gasteiger partial charge in [-0.3, -0.25) is 0 Å². The Bertz CT molecular complexity index is 2130. The number of hydrogen-bond donors (Lipinski definition) is 0. The molecule has 0 spiro atoms. The zero-order valence-electron chi connectivity index (χ0n) is 20.4. The van der Waals surface area contributed by atoms with E-state index < -0.39 is 0 Å². The van der Waals surface area contributed by atoms with E-state index in [2.05, 4.69) is 84.9 Å². The van der Waals surface area contributed by atoms with Crippen molar-refractivity contribution in [1.29, 1.82) is 0 Å². The maximum Gasteiger partial charge on any atom is 0.136 e. The van der Waals surface area contributed by atoms with E-state index in [4.69, 9.17) is 13.8 Å². The fraction of sp³-hybridized carbons (Fsp3) is 0. The van der Waals surface area contributed by atoms with Crippen molar-refractivity contribution in [1.82, 2.24) is 4.98 Å². The van der Waals surface area contributed by atoms with Gasteiger partial charge in [0.15, 0.2) is 0 Å². The molecule has 0 bridgehead atoms. The Labute approximate surface area is 218 Å². The van der Waals surface area contributed by atoms with Gasteiger partial charge in [-0.2, -0.15) is 0 Å². The lowest BCUT2D eigenvalue weighted by Crippen LogP contribution is -1.87. The van der Waals surface area contributed by atoms with E-state index in [1.54, 1.807) is 0 Å². The van der Waals surface area contributed by atoms with E-state index in [0.717, 1.165) is 77.5 Å². The van der Waals surface area contributed by atoms with Gasteiger partial charge in [-0.05, 0) is 65.7 Å². The lowest BCUT2D eigenvalue weighted by atomic mass is 10.00. The summed E-state index contributed by atoms with van der Waals surface area (Å²) in [5.41, 5.74) is 9.87. The predicted molar refractivity (Wildman–Crippen MR) is 155 cm³/mol. The van der Waals surface area contributed by atoms with Gasteiger partial charge in [-0.15, -0.1) is 0 Å². The van der Waals surface area contributed by atoms with Crippen LogP contribution < -0.4 is 0 Å². The second-order valence-corrected chi connectivity index (χ2v) is 9.61. The standard InChI is InChI=1S/C35H21NO2/c1-2-7-22(8-3-1)30-10-6-11-31(36-30)25-13-16-27-29-20-24(15-18-34(29)38-35(27)21-25)23-14-17-33-28(19-23)26-9-4-5-12-32(26)37-33/h1-21H. The third-order valence-electron chi connectivity index (χ3n) is 7.30. The molecule has 0 aliphatic heterocycles. The molecule has 0 fully saturated rings. The summed E-state index contributed by atoms with van der Waals surface area (Å²) >= 11 is 0. The van der Waals surface area contributed by atoms with E-state index in [-0.39, 0.29) is 0 Å². The summed E-state index contributed by atoms with van der Waals surface area (Å²) < 4.78 is 12.3. The number of rotatable bonds is 3. The minimum Gasteiger partial charge on any atom is -0.456 e. The molecule has 8 rings (SSSR count). The second kappa shape index (κ2) is 8.19. The van der Waals surface area contributed by atoms with Crippen LogP contribution in [0.4, 0.5) is 0 Å². The Kier molecular flexibility index (Phi) is 4.52. The van der Waals surface area contributed by atoms with Crippen LogP contribution in [0.1, 0.15) is 0 Å². The van der Waals surface area contributed by atoms with Crippen LogP contribution in [0.3, 0.4) is 0 Å². The Hall–Kier alpha value is -5.15. The highest BCUT2D eigenvalue weighted by atomic mass is 16.3. The van der Waals surface area contributed by atoms with Crippen molar-refractivity contribution in [3.05, 3.63) is 127 Å². The Morgan fingerprint density at radius 1 is 0.342 bits per heavy atom. The Balaban J connectivity index is 1.21. The average Bonchev–Trinajstić information content (AvgIpc) is 3.54. The summed E-state index contributed by atoms with van der Waals surface area (Å²) in [6.07, 6.45) is 0. The average molecular weight is 488 g/mol. The van der Waals surface area contributed by atoms with E-state index in [1.807, 2.05) is 42.5 Å². The molecule has 0 atom stereocenters. The molecule has 0 aliphatic carbocycles. The topological polar surface area (TPSA) is 39.2 Å². The van der Waals surface area contributed by atoms with E-state index in [9.17, 15) is 0 Å². The Morgan fingerprint density at radius 2 is 0.921 bits per heavy atom. The number of para-hydroxylation sites is 1. The maximum absolute atomic E-state index is 6.29. The summed E-state index contributed by atoms with van der Waals surface area (Å²) in [7, 11) is 0. The van der Waals surface area contributed by atoms with Gasteiger partial charge in [0, 0.05) is 32.7 Å². The molecular weight excluding hydrogens is 466 g/mol. The first-order valence-corrected chi connectivity index (χ1v) is 12.7. The minimum atomic E-state index is 0.859. The van der Waals surface area contributed by atoms with Crippen LogP contribution in [-0.2, 0) is 0 Å². The van der Waals surface area contributed by atoms with Crippen molar-refractivity contribution in [3.63, 3.8) is 0 Å². The van der Waals surface area contributed by atoms with Gasteiger partial charge >= 0.3 is 0 Å². The molecule has 0 radical (unpaired) electrons. The van der Waals surface area contributed by atoms with E-state index in [1.165, 1.54) is 0 Å². The minimum absolute atomic E-state index is 0.859. The van der Waals surface area contributed by atoms with Crippen molar-refractivity contribution in [2.45, 2.75) is 0 Å². The quantitative estimate of drug-likeness (QED) is 0.249. The zero-order valence-corrected chi connectivity index (χ0v) is 20.4. The molecule has 5 aromatic carbocycles. The summed E-state index contributed by atoms with van der Waals surface area (Å²) in [4.78, 5) is 4.92. The van der Waals surface area contributed by atoms with Gasteiger partial charge in [0.1, 0.15) is 22.3 Å². The fourth-order valence-electron chi connectivity index (χ4n) is 5.39. The molecule has 3 heterocycles. The fourth-order valence-corrected chi connectivity index (χ4v) is 5.39. The van der Waals surface area contributed by atoms with Gasteiger partial charge in [-0.1, -0.05) is 72.8 Å². The molecule has 0 saturated heterocycles. The summed E-state index contributed by atoms with van der Waals surface area (Å²) in [6.45, 7) is 0. The number of aromatic nitrogens is 1. The molecular formula is C35H21NO2. The molecule has 0 aliphatic rings. The first kappa shape index (κ1) is 21.0. The number of fused-ring (bicyclic) bond motifs is 6. The second-order valence-electron chi connectivity index (χ2n) is 9.61. The molecule has 38 heavy (non-hydrogen) atoms. The maximum atomic E-state index is 6.29. The SMILES string of the molecule is c1ccc(-c2cccc(-c3ccc4c(c3)oc3ccc(-c5ccc6oc7ccccc7c6c5)cc34)n2)cc1. The first-order chi connectivity index (χ1) is 18.8. The molecule has 0 amide bonds. The van der Waals surface area contributed by atoms with Crippen LogP contribution in [0, 0.1) is 0 Å². The van der Waals surface area contributed by atoms with Crippen LogP contribution in [0.2, 0.25) is 0 Å². The number of furan rings is 2. The summed E-state index contributed by atoms with van der Waals surface area (Å²) in [6, 6.07) is 43.8. The zero-order chi connectivity index (χ0) is 25.1. The molecule has 178 valence electrons. The lowest BCUT2D eigenvalue weighted by Gasteiger charge is -2.05. The molecule has 0 saturated carbocycles. The smallest absolute Gasteiger partial charge is 0.136 e. The van der Waals surface area contributed by atoms with Crippen LogP contribution in [0.5, 0.6) is 0 Å². The third kappa shape index (κ3) is 3.33. The van der Waals surface area contributed by atoms with E-state index in [0.29, 0.717) is 0 Å². The van der Waals surface area contributed by atoms with Gasteiger partial charge in [0.05, 0.1) is 11.4 Å². The Morgan fingerprint density at radius 3 is 1.68 bits per heavy atom. The normalized spacial score (nSPS) is 11.7. The van der Waals surface area contributed by atoms with Crippen molar-refractivity contribution < 1.29 is 8.83 Å². The highest BCUT2D eigenvalue weighted by Gasteiger charge is 2.13. The third-order valence-corrected chi connectivity index (χ3v) is 7.30. The summed E-state index contributed by atoms with van der Waals surface area (Å²) in [5, 5.41) is 4.47. The molecule has 8 aromatic rings. The van der Waals surface area contributed by atoms with Crippen LogP contribution in [-0.4, -0.2) is 4.98 Å². The molecule has 0 N–H and O–H groups in total. The van der Waals surface area contributed by atoms with Crippen LogP contribution >= 0.6 is 0 Å². The van der Waals surface area contributed by atoms with Gasteiger partial charge < -0.3 is 8.83 Å². The number of benzene rings is 5. The monoisotopic (exact) mass is 487 g/mol. The molecule has 0 unspecified atom stereocenters. The van der Waals surface area contributed by atoms with Crippen LogP contribution in [0.15, 0.2) is 136 Å². The van der Waals surface area contributed by atoms with Crippen molar-refractivity contribution in [2.75, 3.05) is 0 Å². The number of pyridine rings is 1. The number of nitrogens with zero attached hydrogens (tertiary/aromatic N) is 1. The highest BCUT2D eigenvalue weighted by molar-refractivity contribution is 6.09.